The lowest BCUT2D eigenvalue weighted by atomic mass is 9.89. The van der Waals surface area contributed by atoms with E-state index in [4.69, 9.17) is 5.26 Å². The SMILES string of the molecule is CCC(=O)NCCNC(=O)Nc1cc(C(=O)N2CCC(c3ccc(C#N)cc3)CC2)ccc1C. The fraction of sp³-hybridized carbons (Fsp3) is 0.385. The summed E-state index contributed by atoms with van der Waals surface area (Å²) in [7, 11) is 0. The Morgan fingerprint density at radius 1 is 1.03 bits per heavy atom. The number of piperidine rings is 1. The molecule has 0 unspecified atom stereocenters. The number of carbonyl (C=O) groups excluding carboxylic acids is 3. The van der Waals surface area contributed by atoms with Crippen LogP contribution in [0.1, 0.15) is 59.2 Å². The summed E-state index contributed by atoms with van der Waals surface area (Å²) in [5.41, 5.74) is 3.82. The van der Waals surface area contributed by atoms with Crippen LogP contribution in [0, 0.1) is 18.3 Å². The minimum atomic E-state index is -0.387. The second-order valence-electron chi connectivity index (χ2n) is 8.41. The van der Waals surface area contributed by atoms with Crippen LogP contribution < -0.4 is 16.0 Å². The Labute approximate surface area is 200 Å². The number of nitrogens with zero attached hydrogens (tertiary/aromatic N) is 2. The Morgan fingerprint density at radius 3 is 2.35 bits per heavy atom. The lowest BCUT2D eigenvalue weighted by Gasteiger charge is -2.32. The molecule has 8 heteroatoms. The second-order valence-corrected chi connectivity index (χ2v) is 8.41. The molecular weight excluding hydrogens is 430 g/mol. The summed E-state index contributed by atoms with van der Waals surface area (Å²) in [6.07, 6.45) is 2.14. The number of benzene rings is 2. The zero-order chi connectivity index (χ0) is 24.5. The van der Waals surface area contributed by atoms with Gasteiger partial charge in [-0.25, -0.2) is 4.79 Å². The van der Waals surface area contributed by atoms with Crippen LogP contribution in [0.15, 0.2) is 42.5 Å². The molecule has 3 rings (SSSR count). The van der Waals surface area contributed by atoms with Crippen molar-refractivity contribution in [3.63, 3.8) is 0 Å². The van der Waals surface area contributed by atoms with Gasteiger partial charge in [-0.3, -0.25) is 9.59 Å². The molecule has 0 bridgehead atoms. The third-order valence-corrected chi connectivity index (χ3v) is 6.08. The van der Waals surface area contributed by atoms with E-state index in [9.17, 15) is 14.4 Å². The normalized spacial score (nSPS) is 13.6. The largest absolute Gasteiger partial charge is 0.354 e. The number of likely N-dealkylation sites (tertiary alicyclic amines) is 1. The van der Waals surface area contributed by atoms with Crippen LogP contribution >= 0.6 is 0 Å². The van der Waals surface area contributed by atoms with Crippen molar-refractivity contribution < 1.29 is 14.4 Å². The number of amides is 4. The van der Waals surface area contributed by atoms with E-state index < -0.39 is 0 Å². The first kappa shape index (κ1) is 24.8. The lowest BCUT2D eigenvalue weighted by molar-refractivity contribution is -0.120. The first-order valence-corrected chi connectivity index (χ1v) is 11.6. The average Bonchev–Trinajstić information content (AvgIpc) is 2.87. The molecule has 8 nitrogen and oxygen atoms in total. The molecule has 1 aliphatic heterocycles. The first-order valence-electron chi connectivity index (χ1n) is 11.6. The number of rotatable bonds is 7. The van der Waals surface area contributed by atoms with E-state index in [1.54, 1.807) is 19.1 Å². The number of nitriles is 1. The van der Waals surface area contributed by atoms with Gasteiger partial charge in [0, 0.05) is 43.9 Å². The number of urea groups is 1. The molecule has 178 valence electrons. The smallest absolute Gasteiger partial charge is 0.319 e. The molecule has 0 spiro atoms. The van der Waals surface area contributed by atoms with Gasteiger partial charge in [0.2, 0.25) is 5.91 Å². The number of aryl methyl sites for hydroxylation is 1. The number of hydrogen-bond donors (Lipinski definition) is 3. The molecular formula is C26H31N5O3. The number of nitrogens with one attached hydrogen (secondary N) is 3. The predicted molar refractivity (Wildman–Crippen MR) is 131 cm³/mol. The Bertz CT molecular complexity index is 1070. The maximum absolute atomic E-state index is 13.1. The Morgan fingerprint density at radius 2 is 1.71 bits per heavy atom. The van der Waals surface area contributed by atoms with Crippen LogP contribution in [0.4, 0.5) is 10.5 Å². The van der Waals surface area contributed by atoms with Crippen molar-refractivity contribution in [3.05, 3.63) is 64.7 Å². The molecule has 34 heavy (non-hydrogen) atoms. The molecule has 3 N–H and O–H groups in total. The summed E-state index contributed by atoms with van der Waals surface area (Å²) in [5.74, 6) is 0.257. The Balaban J connectivity index is 1.54. The highest BCUT2D eigenvalue weighted by Gasteiger charge is 2.25. The number of carbonyl (C=O) groups is 3. The van der Waals surface area contributed by atoms with E-state index >= 15 is 0 Å². The lowest BCUT2D eigenvalue weighted by Crippen LogP contribution is -2.38. The van der Waals surface area contributed by atoms with Crippen molar-refractivity contribution in [1.29, 1.82) is 5.26 Å². The summed E-state index contributed by atoms with van der Waals surface area (Å²) >= 11 is 0. The van der Waals surface area contributed by atoms with Crippen LogP contribution in [0.25, 0.3) is 0 Å². The summed E-state index contributed by atoms with van der Waals surface area (Å²) < 4.78 is 0. The minimum absolute atomic E-state index is 0.0518. The van der Waals surface area contributed by atoms with E-state index in [1.807, 2.05) is 42.2 Å². The molecule has 0 atom stereocenters. The van der Waals surface area contributed by atoms with Gasteiger partial charge in [-0.1, -0.05) is 25.1 Å². The maximum Gasteiger partial charge on any atom is 0.319 e. The Hall–Kier alpha value is -3.86. The van der Waals surface area contributed by atoms with Gasteiger partial charge in [-0.2, -0.15) is 5.26 Å². The highest BCUT2D eigenvalue weighted by atomic mass is 16.2. The quantitative estimate of drug-likeness (QED) is 0.547. The predicted octanol–water partition coefficient (Wildman–Crippen LogP) is 3.53. The van der Waals surface area contributed by atoms with E-state index in [1.165, 1.54) is 5.56 Å². The van der Waals surface area contributed by atoms with Crippen molar-refractivity contribution in [3.8, 4) is 6.07 Å². The van der Waals surface area contributed by atoms with Crippen LogP contribution in [0.3, 0.4) is 0 Å². The third kappa shape index (κ3) is 6.58. The van der Waals surface area contributed by atoms with E-state index in [0.29, 0.717) is 55.3 Å². The van der Waals surface area contributed by atoms with Crippen LogP contribution in [0.5, 0.6) is 0 Å². The van der Waals surface area contributed by atoms with E-state index in [0.717, 1.165) is 18.4 Å². The van der Waals surface area contributed by atoms with Crippen molar-refractivity contribution in [2.75, 3.05) is 31.5 Å². The molecule has 1 saturated heterocycles. The van der Waals surface area contributed by atoms with Crippen molar-refractivity contribution in [1.82, 2.24) is 15.5 Å². The van der Waals surface area contributed by atoms with Crippen LogP contribution in [0.2, 0.25) is 0 Å². The highest BCUT2D eigenvalue weighted by Crippen LogP contribution is 2.29. The summed E-state index contributed by atoms with van der Waals surface area (Å²) in [6, 6.07) is 14.8. The fourth-order valence-electron chi connectivity index (χ4n) is 3.99. The number of anilines is 1. The molecule has 2 aromatic carbocycles. The van der Waals surface area contributed by atoms with Gasteiger partial charge in [-0.05, 0) is 61.1 Å². The minimum Gasteiger partial charge on any atom is -0.354 e. The fourth-order valence-corrected chi connectivity index (χ4v) is 3.99. The Kier molecular flexibility index (Phi) is 8.63. The monoisotopic (exact) mass is 461 g/mol. The molecule has 4 amide bonds. The maximum atomic E-state index is 13.1. The summed E-state index contributed by atoms with van der Waals surface area (Å²) in [5, 5.41) is 17.2. The topological polar surface area (TPSA) is 114 Å². The molecule has 0 saturated carbocycles. The van der Waals surface area contributed by atoms with Gasteiger partial charge >= 0.3 is 6.03 Å². The molecule has 0 aliphatic carbocycles. The van der Waals surface area contributed by atoms with Crippen LogP contribution in [-0.2, 0) is 4.79 Å². The zero-order valence-electron chi connectivity index (χ0n) is 19.7. The molecule has 2 aromatic rings. The van der Waals surface area contributed by atoms with Crippen LogP contribution in [-0.4, -0.2) is 48.9 Å². The average molecular weight is 462 g/mol. The third-order valence-electron chi connectivity index (χ3n) is 6.08. The van der Waals surface area contributed by atoms with E-state index in [2.05, 4.69) is 22.0 Å². The standard InChI is InChI=1S/C26H31N5O3/c1-3-24(32)28-12-13-29-26(34)30-23-16-22(7-4-18(23)2)25(33)31-14-10-21(11-15-31)20-8-5-19(17-27)6-9-20/h4-9,16,21H,3,10-15H2,1-2H3,(H,28,32)(H2,29,30,34). The van der Waals surface area contributed by atoms with Gasteiger partial charge in [0.1, 0.15) is 0 Å². The highest BCUT2D eigenvalue weighted by molar-refractivity contribution is 5.97. The number of hydrogen-bond acceptors (Lipinski definition) is 4. The van der Waals surface area contributed by atoms with E-state index in [-0.39, 0.29) is 17.8 Å². The van der Waals surface area contributed by atoms with Gasteiger partial charge in [-0.15, -0.1) is 0 Å². The molecule has 1 fully saturated rings. The zero-order valence-corrected chi connectivity index (χ0v) is 19.7. The molecule has 1 aliphatic rings. The van der Waals surface area contributed by atoms with Gasteiger partial charge in [0.25, 0.3) is 5.91 Å². The second kappa shape index (κ2) is 11.8. The van der Waals surface area contributed by atoms with Gasteiger partial charge in [0.05, 0.1) is 11.6 Å². The summed E-state index contributed by atoms with van der Waals surface area (Å²) in [6.45, 7) is 5.62. The van der Waals surface area contributed by atoms with Gasteiger partial charge in [0.15, 0.2) is 0 Å². The van der Waals surface area contributed by atoms with Crippen molar-refractivity contribution in [2.45, 2.75) is 39.0 Å². The van der Waals surface area contributed by atoms with Crippen molar-refractivity contribution >= 4 is 23.5 Å². The molecule has 1 heterocycles. The first-order chi connectivity index (χ1) is 16.4. The van der Waals surface area contributed by atoms with Crippen molar-refractivity contribution in [2.24, 2.45) is 0 Å². The van der Waals surface area contributed by atoms with Gasteiger partial charge < -0.3 is 20.9 Å². The molecule has 0 radical (unpaired) electrons. The molecule has 0 aromatic heterocycles. The summed E-state index contributed by atoms with van der Waals surface area (Å²) in [4.78, 5) is 38.4.